The zero-order valence-corrected chi connectivity index (χ0v) is 28.5. The van der Waals surface area contributed by atoms with E-state index in [0.717, 1.165) is 43.3 Å². The van der Waals surface area contributed by atoms with E-state index >= 15 is 4.79 Å². The first-order valence-electron chi connectivity index (χ1n) is 16.2. The van der Waals surface area contributed by atoms with Gasteiger partial charge in [-0.05, 0) is 82.4 Å². The van der Waals surface area contributed by atoms with Crippen LogP contribution in [0.3, 0.4) is 0 Å². The average molecular weight is 673 g/mol. The number of carbonyl (C=O) groups excluding carboxylic acids is 1. The molecule has 1 spiro atoms. The number of aromatic nitrogens is 1. The van der Waals surface area contributed by atoms with E-state index in [9.17, 15) is 13.7 Å². The molecule has 48 heavy (non-hydrogen) atoms. The zero-order valence-electron chi connectivity index (χ0n) is 27.7. The van der Waals surface area contributed by atoms with Crippen LogP contribution in [0.15, 0.2) is 59.6 Å². The number of anilines is 1. The van der Waals surface area contributed by atoms with Crippen molar-refractivity contribution in [3.05, 3.63) is 71.4 Å². The number of amides is 1. The predicted molar refractivity (Wildman–Crippen MR) is 178 cm³/mol. The highest BCUT2D eigenvalue weighted by molar-refractivity contribution is 7.93. The lowest BCUT2D eigenvalue weighted by molar-refractivity contribution is -0.169. The van der Waals surface area contributed by atoms with E-state index in [0.29, 0.717) is 53.9 Å². The summed E-state index contributed by atoms with van der Waals surface area (Å²) in [6.45, 7) is 7.32. The number of pyridine rings is 1. The molecule has 0 radical (unpaired) electrons. The molecule has 2 aromatic carbocycles. The van der Waals surface area contributed by atoms with Gasteiger partial charge in [0.25, 0.3) is 15.9 Å². The van der Waals surface area contributed by atoms with Crippen LogP contribution in [0.4, 0.5) is 5.69 Å². The highest BCUT2D eigenvalue weighted by Gasteiger charge is 2.66. The van der Waals surface area contributed by atoms with Crippen molar-refractivity contribution in [3.8, 4) is 23.4 Å². The van der Waals surface area contributed by atoms with E-state index in [1.165, 1.54) is 31.5 Å². The Kier molecular flexibility index (Phi) is 8.10. The fourth-order valence-corrected chi connectivity index (χ4v) is 9.40. The van der Waals surface area contributed by atoms with Crippen molar-refractivity contribution in [2.75, 3.05) is 71.4 Å². The van der Waals surface area contributed by atoms with Crippen LogP contribution in [0.25, 0.3) is 0 Å². The highest BCUT2D eigenvalue weighted by atomic mass is 32.2. The van der Waals surface area contributed by atoms with Crippen LogP contribution in [0.5, 0.6) is 17.4 Å². The Hall–Kier alpha value is -4.22. The summed E-state index contributed by atoms with van der Waals surface area (Å²) in [5.41, 5.74) is -0.274. The topological polar surface area (TPSA) is 129 Å². The second-order valence-electron chi connectivity index (χ2n) is 13.3. The van der Waals surface area contributed by atoms with Crippen molar-refractivity contribution >= 4 is 21.6 Å². The summed E-state index contributed by atoms with van der Waals surface area (Å²) < 4.78 is 46.7. The Labute approximate surface area is 281 Å². The van der Waals surface area contributed by atoms with Gasteiger partial charge in [0.1, 0.15) is 16.4 Å². The Morgan fingerprint density at radius 2 is 1.73 bits per heavy atom. The maximum Gasteiger partial charge on any atom is 0.272 e. The number of sulfonamides is 1. The van der Waals surface area contributed by atoms with E-state index in [1.807, 2.05) is 6.92 Å². The van der Waals surface area contributed by atoms with Crippen molar-refractivity contribution in [3.63, 3.8) is 0 Å². The molecule has 1 unspecified atom stereocenters. The molecule has 0 bridgehead atoms. The van der Waals surface area contributed by atoms with Gasteiger partial charge >= 0.3 is 0 Å². The molecular weight excluding hydrogens is 632 g/mol. The van der Waals surface area contributed by atoms with Gasteiger partial charge in [0.2, 0.25) is 5.88 Å². The molecule has 0 aliphatic carbocycles. The average Bonchev–Trinajstić information content (AvgIpc) is 3.32. The molecule has 7 rings (SSSR count). The molecule has 3 saturated heterocycles. The minimum Gasteiger partial charge on any atom is -0.497 e. The fourth-order valence-electron chi connectivity index (χ4n) is 8.00. The van der Waals surface area contributed by atoms with Gasteiger partial charge < -0.3 is 19.1 Å². The van der Waals surface area contributed by atoms with Gasteiger partial charge in [-0.1, -0.05) is 0 Å². The minimum atomic E-state index is -4.46. The van der Waals surface area contributed by atoms with E-state index in [2.05, 4.69) is 32.8 Å². The number of benzene rings is 2. The van der Waals surface area contributed by atoms with Crippen molar-refractivity contribution in [2.45, 2.75) is 36.2 Å². The number of hydrogen-bond acceptors (Lipinski definition) is 11. The van der Waals surface area contributed by atoms with Gasteiger partial charge in [0, 0.05) is 54.8 Å². The Bertz CT molecular complexity index is 1870. The van der Waals surface area contributed by atoms with E-state index < -0.39 is 21.5 Å². The number of hydrogen-bond donors (Lipinski definition) is 0. The van der Waals surface area contributed by atoms with Gasteiger partial charge in [-0.25, -0.2) is 17.7 Å². The first kappa shape index (κ1) is 32.3. The lowest BCUT2D eigenvalue weighted by atomic mass is 9.67. The second kappa shape index (κ2) is 12.0. The number of fused-ring (bicyclic) bond motifs is 1. The third-order valence-corrected chi connectivity index (χ3v) is 12.0. The van der Waals surface area contributed by atoms with Crippen LogP contribution in [0.2, 0.25) is 0 Å². The van der Waals surface area contributed by atoms with Crippen molar-refractivity contribution in [1.82, 2.24) is 19.7 Å². The molecule has 0 N–H and O–H groups in total. The van der Waals surface area contributed by atoms with Gasteiger partial charge in [-0.3, -0.25) is 14.6 Å². The summed E-state index contributed by atoms with van der Waals surface area (Å²) in [6.07, 6.45) is 3.46. The molecule has 3 aromatic rings. The van der Waals surface area contributed by atoms with Crippen molar-refractivity contribution in [2.24, 2.45) is 5.41 Å². The lowest BCUT2D eigenvalue weighted by Crippen LogP contribution is -2.77. The van der Waals surface area contributed by atoms with Crippen LogP contribution >= 0.6 is 0 Å². The largest absolute Gasteiger partial charge is 0.497 e. The summed E-state index contributed by atoms with van der Waals surface area (Å²) in [6, 6.07) is 15.6. The number of likely N-dealkylation sites (tertiary alicyclic amines) is 3. The smallest absolute Gasteiger partial charge is 0.272 e. The lowest BCUT2D eigenvalue weighted by Gasteiger charge is -2.65. The normalized spacial score (nSPS) is 22.9. The number of rotatable bonds is 9. The van der Waals surface area contributed by atoms with E-state index in [-0.39, 0.29) is 21.9 Å². The number of carbonyl (C=O) groups is 1. The number of nitrogens with zero attached hydrogens (tertiary/aromatic N) is 6. The third-order valence-electron chi connectivity index (χ3n) is 10.4. The number of methoxy groups -OCH3 is 2. The maximum atomic E-state index is 15.3. The molecule has 4 aliphatic rings. The Morgan fingerprint density at radius 3 is 2.35 bits per heavy atom. The molecular formula is C35H40N6O6S. The summed E-state index contributed by atoms with van der Waals surface area (Å²) in [5, 5.41) is 10.0. The molecule has 252 valence electrons. The molecule has 3 fully saturated rings. The van der Waals surface area contributed by atoms with E-state index in [1.54, 1.807) is 37.4 Å². The summed E-state index contributed by atoms with van der Waals surface area (Å²) >= 11 is 0. The number of ether oxygens (including phenoxy) is 3. The molecule has 5 heterocycles. The van der Waals surface area contributed by atoms with E-state index in [4.69, 9.17) is 14.2 Å². The standard InChI is InChI=1S/C35H40N6O6S/c1-5-47-31-10-7-26(45-3)17-29(31)35(40-22-34(23-40)20-39(21-34)25-12-14-38(2)15-13-25)28-16-24(18-36)6-9-30(28)41(33(35)42)48(43,44)27-8-11-32(46-4)37-19-27/h6-11,16-17,19,25H,5,12-15,20-23H2,1-4H3. The summed E-state index contributed by atoms with van der Waals surface area (Å²) in [5.74, 6) is 0.506. The SMILES string of the molecule is CCOc1ccc(OC)cc1C1(N2CC3(CN(C4CCN(C)CC4)C3)C2)C(=O)N(S(=O)(=O)c2ccc(OC)nc2)c2ccc(C#N)cc21. The van der Waals surface area contributed by atoms with Crippen LogP contribution < -0.4 is 18.5 Å². The molecule has 13 heteroatoms. The van der Waals surface area contributed by atoms with Crippen molar-refractivity contribution in [1.29, 1.82) is 5.26 Å². The second-order valence-corrected chi connectivity index (χ2v) is 15.0. The number of nitriles is 1. The summed E-state index contributed by atoms with van der Waals surface area (Å²) in [4.78, 5) is 26.3. The first-order valence-corrected chi connectivity index (χ1v) is 17.7. The molecule has 1 aromatic heterocycles. The van der Waals surface area contributed by atoms with Gasteiger partial charge in [-0.15, -0.1) is 0 Å². The monoisotopic (exact) mass is 672 g/mol. The zero-order chi connectivity index (χ0) is 33.8. The van der Waals surface area contributed by atoms with Crippen LogP contribution in [-0.2, 0) is 20.4 Å². The van der Waals surface area contributed by atoms with Gasteiger partial charge in [-0.2, -0.15) is 5.26 Å². The first-order chi connectivity index (χ1) is 23.1. The highest BCUT2D eigenvalue weighted by Crippen LogP contribution is 2.58. The Balaban J connectivity index is 1.36. The molecule has 1 atom stereocenters. The predicted octanol–water partition coefficient (Wildman–Crippen LogP) is 3.06. The molecule has 12 nitrogen and oxygen atoms in total. The third kappa shape index (κ3) is 4.92. The van der Waals surface area contributed by atoms with Crippen LogP contribution in [0, 0.1) is 16.7 Å². The number of piperidine rings is 1. The minimum absolute atomic E-state index is 0.0273. The van der Waals surface area contributed by atoms with Gasteiger partial charge in [0.05, 0.1) is 44.3 Å². The maximum absolute atomic E-state index is 15.3. The summed E-state index contributed by atoms with van der Waals surface area (Å²) in [7, 11) is 0.687. The van der Waals surface area contributed by atoms with Gasteiger partial charge in [0.15, 0.2) is 5.54 Å². The molecule has 4 aliphatic heterocycles. The Morgan fingerprint density at radius 1 is 0.979 bits per heavy atom. The molecule has 0 saturated carbocycles. The van der Waals surface area contributed by atoms with Crippen LogP contribution in [-0.4, -0.2) is 107 Å². The molecule has 1 amide bonds. The van der Waals surface area contributed by atoms with Crippen LogP contribution in [0.1, 0.15) is 36.5 Å². The van der Waals surface area contributed by atoms with Crippen molar-refractivity contribution < 1.29 is 27.4 Å². The quantitative estimate of drug-likeness (QED) is 0.333. The fraction of sp³-hybridized carbons (Fsp3) is 0.457.